The molecule has 1 aliphatic heterocycles. The molecule has 4 aromatic rings. The molecule has 43 heavy (non-hydrogen) atoms. The van der Waals surface area contributed by atoms with Crippen LogP contribution in [0.2, 0.25) is 0 Å². The zero-order chi connectivity index (χ0) is 30.8. The first-order valence-electron chi connectivity index (χ1n) is 13.6. The Kier molecular flexibility index (Phi) is 8.18. The summed E-state index contributed by atoms with van der Waals surface area (Å²) in [5.74, 6) is 0.430. The van der Waals surface area contributed by atoms with Crippen molar-refractivity contribution in [3.05, 3.63) is 131 Å². The van der Waals surface area contributed by atoms with Crippen LogP contribution in [-0.2, 0) is 18.4 Å². The molecule has 0 saturated carbocycles. The van der Waals surface area contributed by atoms with Crippen molar-refractivity contribution in [1.82, 2.24) is 0 Å². The van der Waals surface area contributed by atoms with Crippen LogP contribution >= 0.6 is 0 Å². The standard InChI is InChI=1S/C34H29F6NO2/c1-3-42-30-16-14-27(19-25(30)18-23(2)24-10-6-4-7-11-24)32(33(35,36)37,34(38,39)40)28-15-17-31-26(20-28)21-41(22-43-31)29-12-8-5-9-13-29/h4-17,19-20H,2-3,18,21-22H2,1H3. The van der Waals surface area contributed by atoms with Crippen LogP contribution in [-0.4, -0.2) is 25.7 Å². The van der Waals surface area contributed by atoms with Crippen molar-refractivity contribution in [2.45, 2.75) is 37.7 Å². The Morgan fingerprint density at radius 2 is 1.42 bits per heavy atom. The van der Waals surface area contributed by atoms with Crippen molar-refractivity contribution < 1.29 is 35.8 Å². The summed E-state index contributed by atoms with van der Waals surface area (Å²) < 4.78 is 102. The van der Waals surface area contributed by atoms with Gasteiger partial charge in [-0.3, -0.25) is 0 Å². The second kappa shape index (κ2) is 11.7. The van der Waals surface area contributed by atoms with Crippen LogP contribution in [0.15, 0.2) is 104 Å². The van der Waals surface area contributed by atoms with E-state index in [1.54, 1.807) is 66.4 Å². The van der Waals surface area contributed by atoms with E-state index in [1.165, 1.54) is 12.1 Å². The Labute approximate surface area is 246 Å². The lowest BCUT2D eigenvalue weighted by molar-refractivity contribution is -0.288. The third-order valence-electron chi connectivity index (χ3n) is 7.58. The summed E-state index contributed by atoms with van der Waals surface area (Å²) in [4.78, 5) is 1.74. The van der Waals surface area contributed by atoms with Crippen LogP contribution < -0.4 is 14.4 Å². The molecular formula is C34H29F6NO2. The molecule has 0 amide bonds. The molecule has 0 saturated heterocycles. The molecule has 0 spiro atoms. The van der Waals surface area contributed by atoms with E-state index >= 15 is 26.3 Å². The molecule has 9 heteroatoms. The molecule has 1 aliphatic rings. The van der Waals surface area contributed by atoms with Crippen LogP contribution in [0.3, 0.4) is 0 Å². The van der Waals surface area contributed by atoms with Crippen LogP contribution in [0.5, 0.6) is 11.5 Å². The number of halogens is 6. The SMILES string of the molecule is C=C(Cc1cc(C(c2ccc3c(c2)CN(c2ccccc2)CO3)(C(F)(F)F)C(F)(F)F)ccc1OCC)c1ccccc1. The smallest absolute Gasteiger partial charge is 0.411 e. The third kappa shape index (κ3) is 5.68. The van der Waals surface area contributed by atoms with Gasteiger partial charge in [0.05, 0.1) is 6.61 Å². The molecule has 0 aliphatic carbocycles. The molecule has 0 radical (unpaired) electrons. The summed E-state index contributed by atoms with van der Waals surface area (Å²) in [6.07, 6.45) is -11.5. The average Bonchev–Trinajstić information content (AvgIpc) is 2.98. The Balaban J connectivity index is 1.65. The fraction of sp³-hybridized carbons (Fsp3) is 0.235. The number of anilines is 1. The highest BCUT2D eigenvalue weighted by molar-refractivity contribution is 5.67. The lowest BCUT2D eigenvalue weighted by atomic mass is 9.71. The second-order valence-electron chi connectivity index (χ2n) is 10.3. The molecule has 224 valence electrons. The van der Waals surface area contributed by atoms with E-state index in [0.29, 0.717) is 11.1 Å². The van der Waals surface area contributed by atoms with Crippen molar-refractivity contribution in [2.75, 3.05) is 18.2 Å². The van der Waals surface area contributed by atoms with Crippen molar-refractivity contribution in [1.29, 1.82) is 0 Å². The van der Waals surface area contributed by atoms with Crippen molar-refractivity contribution in [3.8, 4) is 11.5 Å². The minimum Gasteiger partial charge on any atom is -0.494 e. The lowest BCUT2D eigenvalue weighted by Gasteiger charge is -2.39. The van der Waals surface area contributed by atoms with Gasteiger partial charge in [0, 0.05) is 24.2 Å². The number of hydrogen-bond acceptors (Lipinski definition) is 3. The number of allylic oxidation sites excluding steroid dienone is 1. The third-order valence-corrected chi connectivity index (χ3v) is 7.58. The predicted octanol–water partition coefficient (Wildman–Crippen LogP) is 9.11. The van der Waals surface area contributed by atoms with Gasteiger partial charge in [-0.25, -0.2) is 0 Å². The molecule has 5 rings (SSSR count). The first-order chi connectivity index (χ1) is 20.5. The summed E-state index contributed by atoms with van der Waals surface area (Å²) in [7, 11) is 0. The molecule has 0 atom stereocenters. The van der Waals surface area contributed by atoms with Crippen molar-refractivity contribution >= 4 is 11.3 Å². The first kappa shape index (κ1) is 30.1. The number of benzene rings is 4. The normalized spacial score (nSPS) is 13.7. The lowest BCUT2D eigenvalue weighted by Crippen LogP contribution is -2.55. The molecule has 0 bridgehead atoms. The quantitative estimate of drug-likeness (QED) is 0.189. The maximum atomic E-state index is 15.1. The molecule has 0 fully saturated rings. The molecule has 0 unspecified atom stereocenters. The second-order valence-corrected chi connectivity index (χ2v) is 10.3. The van der Waals surface area contributed by atoms with Gasteiger partial charge >= 0.3 is 12.4 Å². The number of rotatable bonds is 8. The number of nitrogens with zero attached hydrogens (tertiary/aromatic N) is 1. The Bertz CT molecular complexity index is 1570. The van der Waals surface area contributed by atoms with E-state index in [1.807, 2.05) is 6.07 Å². The number of alkyl halides is 6. The fourth-order valence-corrected chi connectivity index (χ4v) is 5.52. The Hall–Kier alpha value is -4.40. The molecule has 0 N–H and O–H groups in total. The number of para-hydroxylation sites is 1. The van der Waals surface area contributed by atoms with Crippen LogP contribution in [0.1, 0.15) is 34.7 Å². The minimum atomic E-state index is -5.74. The van der Waals surface area contributed by atoms with Gasteiger partial charge in [0.1, 0.15) is 11.5 Å². The molecular weight excluding hydrogens is 568 g/mol. The Morgan fingerprint density at radius 3 is 2.05 bits per heavy atom. The average molecular weight is 598 g/mol. The topological polar surface area (TPSA) is 21.7 Å². The van der Waals surface area contributed by atoms with E-state index in [2.05, 4.69) is 6.58 Å². The van der Waals surface area contributed by atoms with E-state index in [-0.39, 0.29) is 48.9 Å². The maximum absolute atomic E-state index is 15.1. The largest absolute Gasteiger partial charge is 0.494 e. The van der Waals surface area contributed by atoms with Crippen LogP contribution in [0, 0.1) is 0 Å². The maximum Gasteiger partial charge on any atom is 0.411 e. The molecule has 3 nitrogen and oxygen atoms in total. The highest BCUT2D eigenvalue weighted by Crippen LogP contribution is 2.57. The van der Waals surface area contributed by atoms with E-state index in [4.69, 9.17) is 9.47 Å². The summed E-state index contributed by atoms with van der Waals surface area (Å²) in [5.41, 5.74) is -3.87. The number of fused-ring (bicyclic) bond motifs is 1. The van der Waals surface area contributed by atoms with Gasteiger partial charge in [-0.2, -0.15) is 26.3 Å². The van der Waals surface area contributed by atoms with Gasteiger partial charge in [-0.05, 0) is 65.1 Å². The first-order valence-corrected chi connectivity index (χ1v) is 13.6. The molecule has 1 heterocycles. The Morgan fingerprint density at radius 1 is 0.814 bits per heavy atom. The fourth-order valence-electron chi connectivity index (χ4n) is 5.52. The number of ether oxygens (including phenoxy) is 2. The van der Waals surface area contributed by atoms with E-state index in [9.17, 15) is 0 Å². The summed E-state index contributed by atoms with van der Waals surface area (Å²) in [6.45, 7) is 6.07. The van der Waals surface area contributed by atoms with Gasteiger partial charge in [0.15, 0.2) is 6.73 Å². The van der Waals surface area contributed by atoms with Gasteiger partial charge in [-0.1, -0.05) is 73.3 Å². The van der Waals surface area contributed by atoms with E-state index < -0.39 is 28.9 Å². The monoisotopic (exact) mass is 597 g/mol. The minimum absolute atomic E-state index is 0.0109. The van der Waals surface area contributed by atoms with Gasteiger partial charge in [0.2, 0.25) is 5.41 Å². The summed E-state index contributed by atoms with van der Waals surface area (Å²) in [6, 6.07) is 23.8. The van der Waals surface area contributed by atoms with E-state index in [0.717, 1.165) is 30.0 Å². The van der Waals surface area contributed by atoms with Gasteiger partial charge in [-0.15, -0.1) is 0 Å². The van der Waals surface area contributed by atoms with Gasteiger partial charge in [0.25, 0.3) is 0 Å². The molecule has 0 aromatic heterocycles. The zero-order valence-corrected chi connectivity index (χ0v) is 23.3. The highest BCUT2D eigenvalue weighted by atomic mass is 19.4. The van der Waals surface area contributed by atoms with Gasteiger partial charge < -0.3 is 14.4 Å². The van der Waals surface area contributed by atoms with Crippen LogP contribution in [0.25, 0.3) is 5.57 Å². The molecule has 4 aromatic carbocycles. The predicted molar refractivity (Wildman–Crippen MR) is 154 cm³/mol. The zero-order valence-electron chi connectivity index (χ0n) is 23.3. The van der Waals surface area contributed by atoms with Crippen molar-refractivity contribution in [3.63, 3.8) is 0 Å². The van der Waals surface area contributed by atoms with Crippen LogP contribution in [0.4, 0.5) is 32.0 Å². The van der Waals surface area contributed by atoms with Crippen molar-refractivity contribution in [2.24, 2.45) is 0 Å². The number of hydrogen-bond donors (Lipinski definition) is 0. The highest BCUT2D eigenvalue weighted by Gasteiger charge is 2.72. The summed E-state index contributed by atoms with van der Waals surface area (Å²) in [5, 5.41) is 0. The summed E-state index contributed by atoms with van der Waals surface area (Å²) >= 11 is 0.